The van der Waals surface area contributed by atoms with Gasteiger partial charge in [0.2, 0.25) is 10.0 Å². The second kappa shape index (κ2) is 10.4. The van der Waals surface area contributed by atoms with E-state index in [1.807, 2.05) is 6.92 Å². The second-order valence-electron chi connectivity index (χ2n) is 9.07. The molecule has 0 aliphatic heterocycles. The zero-order valence-corrected chi connectivity index (χ0v) is 22.2. The van der Waals surface area contributed by atoms with E-state index >= 15 is 0 Å². The van der Waals surface area contributed by atoms with Gasteiger partial charge in [-0.05, 0) is 61.9 Å². The van der Waals surface area contributed by atoms with Gasteiger partial charge < -0.3 is 13.9 Å². The molecule has 198 valence electrons. The topological polar surface area (TPSA) is 112 Å². The van der Waals surface area contributed by atoms with Gasteiger partial charge in [-0.2, -0.15) is 4.72 Å². The predicted molar refractivity (Wildman–Crippen MR) is 148 cm³/mol. The molecule has 8 nitrogen and oxygen atoms in total. The maximum absolute atomic E-state index is 13.5. The predicted octanol–water partition coefficient (Wildman–Crippen LogP) is 5.20. The summed E-state index contributed by atoms with van der Waals surface area (Å²) in [6.45, 7) is 3.51. The molecule has 0 saturated heterocycles. The molecule has 0 saturated carbocycles. The van der Waals surface area contributed by atoms with Gasteiger partial charge in [0.05, 0.1) is 17.4 Å². The number of fused-ring (bicyclic) bond motifs is 3. The summed E-state index contributed by atoms with van der Waals surface area (Å²) in [5.74, 6) is -0.178. The van der Waals surface area contributed by atoms with Gasteiger partial charge in [0, 0.05) is 16.3 Å². The number of nitrogens with one attached hydrogen (secondary N) is 1. The van der Waals surface area contributed by atoms with Crippen molar-refractivity contribution in [3.05, 3.63) is 112 Å². The summed E-state index contributed by atoms with van der Waals surface area (Å²) in [5.41, 5.74) is 1.43. The molecule has 39 heavy (non-hydrogen) atoms. The Kier molecular flexibility index (Phi) is 6.94. The smallest absolute Gasteiger partial charge is 0.344 e. The van der Waals surface area contributed by atoms with Gasteiger partial charge in [0.15, 0.2) is 0 Å². The van der Waals surface area contributed by atoms with E-state index in [4.69, 9.17) is 13.9 Å². The molecule has 0 aliphatic carbocycles. The minimum atomic E-state index is -4.06. The molecule has 0 aliphatic rings. The minimum absolute atomic E-state index is 0.0222. The minimum Gasteiger partial charge on any atom is -0.497 e. The van der Waals surface area contributed by atoms with Crippen molar-refractivity contribution < 1.29 is 27.1 Å². The number of rotatable bonds is 7. The van der Waals surface area contributed by atoms with Crippen LogP contribution in [0.5, 0.6) is 11.5 Å². The first-order valence-electron chi connectivity index (χ1n) is 12.1. The quantitative estimate of drug-likeness (QED) is 0.130. The highest BCUT2D eigenvalue weighted by atomic mass is 32.2. The van der Waals surface area contributed by atoms with E-state index in [0.29, 0.717) is 33.0 Å². The molecule has 1 N–H and O–H groups in total. The number of ether oxygens (including phenoxy) is 2. The lowest BCUT2D eigenvalue weighted by molar-refractivity contribution is -0.136. The Hall–Kier alpha value is -4.47. The van der Waals surface area contributed by atoms with Crippen molar-refractivity contribution in [2.45, 2.75) is 24.8 Å². The first-order chi connectivity index (χ1) is 18.7. The Labute approximate surface area is 224 Å². The lowest BCUT2D eigenvalue weighted by atomic mass is 10.0. The van der Waals surface area contributed by atoms with E-state index in [9.17, 15) is 18.0 Å². The Morgan fingerprint density at radius 3 is 2.26 bits per heavy atom. The highest BCUT2D eigenvalue weighted by Gasteiger charge is 2.29. The molecule has 1 heterocycles. The van der Waals surface area contributed by atoms with Gasteiger partial charge in [0.1, 0.15) is 23.1 Å². The standard InChI is InChI=1S/C30H25NO7S/c1-18-9-12-22(13-10-18)39(34,35)31-27(20-7-5-4-6-8-20)30(33)37-26-16-15-24-23-14-11-21(36-3)17-25(23)29(32)38-28(24)19(26)2/h4-17,27,31H,1-3H3/t27-/m1/s1. The molecule has 9 heteroatoms. The fourth-order valence-corrected chi connectivity index (χ4v) is 5.51. The Bertz CT molecular complexity index is 1860. The molecule has 0 bridgehead atoms. The Balaban J connectivity index is 1.52. The van der Waals surface area contributed by atoms with Crippen LogP contribution < -0.4 is 19.8 Å². The third kappa shape index (κ3) is 5.14. The van der Waals surface area contributed by atoms with Crippen molar-refractivity contribution in [2.24, 2.45) is 0 Å². The van der Waals surface area contributed by atoms with Gasteiger partial charge in [-0.1, -0.05) is 48.0 Å². The van der Waals surface area contributed by atoms with E-state index in [1.54, 1.807) is 79.7 Å². The van der Waals surface area contributed by atoms with Crippen LogP contribution in [-0.4, -0.2) is 21.5 Å². The van der Waals surface area contributed by atoms with Crippen LogP contribution in [0, 0.1) is 13.8 Å². The first kappa shape index (κ1) is 26.1. The lowest BCUT2D eigenvalue weighted by Gasteiger charge is -2.19. The number of esters is 1. The van der Waals surface area contributed by atoms with Crippen LogP contribution in [0.2, 0.25) is 0 Å². The molecule has 5 rings (SSSR count). The van der Waals surface area contributed by atoms with Crippen LogP contribution >= 0.6 is 0 Å². The molecule has 0 unspecified atom stereocenters. The van der Waals surface area contributed by atoms with Crippen LogP contribution in [0.3, 0.4) is 0 Å². The SMILES string of the molecule is COc1ccc2c(c1)c(=O)oc1c(C)c(OC(=O)[C@H](NS(=O)(=O)c3ccc(C)cc3)c3ccccc3)ccc12. The zero-order chi connectivity index (χ0) is 27.7. The number of hydrogen-bond donors (Lipinski definition) is 1. The van der Waals surface area contributed by atoms with E-state index in [1.165, 1.54) is 19.2 Å². The number of carbonyl (C=O) groups excluding carboxylic acids is 1. The van der Waals surface area contributed by atoms with Crippen LogP contribution in [0.1, 0.15) is 22.7 Å². The van der Waals surface area contributed by atoms with Crippen LogP contribution in [0.4, 0.5) is 0 Å². The van der Waals surface area contributed by atoms with Gasteiger partial charge in [0.25, 0.3) is 0 Å². The van der Waals surface area contributed by atoms with E-state index in [2.05, 4.69) is 4.72 Å². The molecule has 0 fully saturated rings. The summed E-state index contributed by atoms with van der Waals surface area (Å²) in [6.07, 6.45) is 0. The van der Waals surface area contributed by atoms with Gasteiger partial charge in [-0.3, -0.25) is 0 Å². The normalized spacial score (nSPS) is 12.4. The summed E-state index contributed by atoms with van der Waals surface area (Å²) in [7, 11) is -2.55. The van der Waals surface area contributed by atoms with E-state index < -0.39 is 27.7 Å². The monoisotopic (exact) mass is 543 g/mol. The molecule has 0 amide bonds. The van der Waals surface area contributed by atoms with E-state index in [0.717, 1.165) is 5.56 Å². The first-order valence-corrected chi connectivity index (χ1v) is 13.6. The lowest BCUT2D eigenvalue weighted by Crippen LogP contribution is -2.36. The van der Waals surface area contributed by atoms with Gasteiger partial charge in [-0.15, -0.1) is 0 Å². The number of sulfonamides is 1. The molecular weight excluding hydrogens is 518 g/mol. The Morgan fingerprint density at radius 2 is 1.56 bits per heavy atom. The molecule has 0 spiro atoms. The fraction of sp³-hybridized carbons (Fsp3) is 0.133. The molecule has 4 aromatic carbocycles. The average Bonchev–Trinajstić information content (AvgIpc) is 2.94. The van der Waals surface area contributed by atoms with E-state index in [-0.39, 0.29) is 16.2 Å². The number of hydrogen-bond acceptors (Lipinski definition) is 7. The summed E-state index contributed by atoms with van der Waals surface area (Å²) >= 11 is 0. The molecular formula is C30H25NO7S. The van der Waals surface area contributed by atoms with Crippen molar-refractivity contribution >= 4 is 37.7 Å². The van der Waals surface area contributed by atoms with Crippen molar-refractivity contribution in [2.75, 3.05) is 7.11 Å². The van der Waals surface area contributed by atoms with Gasteiger partial charge in [-0.25, -0.2) is 18.0 Å². The third-order valence-electron chi connectivity index (χ3n) is 6.47. The summed E-state index contributed by atoms with van der Waals surface area (Å²) in [4.78, 5) is 26.2. The maximum Gasteiger partial charge on any atom is 0.344 e. The number of methoxy groups -OCH3 is 1. The van der Waals surface area contributed by atoms with Crippen LogP contribution in [0.15, 0.2) is 99.0 Å². The number of benzene rings is 4. The summed E-state index contributed by atoms with van der Waals surface area (Å²) in [5, 5.41) is 1.68. The molecule has 1 atom stereocenters. The van der Waals surface area contributed by atoms with Gasteiger partial charge >= 0.3 is 11.6 Å². The van der Waals surface area contributed by atoms with Crippen molar-refractivity contribution in [1.82, 2.24) is 4.72 Å². The van der Waals surface area contributed by atoms with Crippen LogP contribution in [0.25, 0.3) is 21.7 Å². The van der Waals surface area contributed by atoms with Crippen molar-refractivity contribution in [1.29, 1.82) is 0 Å². The number of aryl methyl sites for hydroxylation is 2. The zero-order valence-electron chi connectivity index (χ0n) is 21.4. The van der Waals surface area contributed by atoms with Crippen molar-refractivity contribution in [3.63, 3.8) is 0 Å². The maximum atomic E-state index is 13.5. The second-order valence-corrected chi connectivity index (χ2v) is 10.8. The number of carbonyl (C=O) groups is 1. The highest BCUT2D eigenvalue weighted by molar-refractivity contribution is 7.89. The third-order valence-corrected chi connectivity index (χ3v) is 7.91. The van der Waals surface area contributed by atoms with Crippen LogP contribution in [-0.2, 0) is 14.8 Å². The summed E-state index contributed by atoms with van der Waals surface area (Å²) in [6, 6.07) is 21.8. The molecule has 1 aromatic heterocycles. The fourth-order valence-electron chi connectivity index (χ4n) is 4.34. The molecule has 5 aromatic rings. The Morgan fingerprint density at radius 1 is 0.872 bits per heavy atom. The summed E-state index contributed by atoms with van der Waals surface area (Å²) < 4.78 is 45.3. The largest absolute Gasteiger partial charge is 0.497 e. The average molecular weight is 544 g/mol. The molecule has 0 radical (unpaired) electrons. The highest BCUT2D eigenvalue weighted by Crippen LogP contribution is 2.33. The van der Waals surface area contributed by atoms with Crippen molar-refractivity contribution in [3.8, 4) is 11.5 Å².